The second-order valence-corrected chi connectivity index (χ2v) is 6.26. The zero-order valence-electron chi connectivity index (χ0n) is 14.5. The topological polar surface area (TPSA) is 67.4 Å². The highest BCUT2D eigenvalue weighted by Crippen LogP contribution is 2.30. The molecule has 0 bridgehead atoms. The SMILES string of the molecule is O=C(C[C@H]1Oc2ccccc2NC1=O)Nc1ccccc1-c1ccccc1. The van der Waals surface area contributed by atoms with Gasteiger partial charge in [0.05, 0.1) is 12.1 Å². The number of hydrogen-bond donors (Lipinski definition) is 2. The van der Waals surface area contributed by atoms with Gasteiger partial charge in [-0.2, -0.15) is 0 Å². The molecule has 134 valence electrons. The minimum atomic E-state index is -0.858. The molecule has 0 saturated carbocycles. The van der Waals surface area contributed by atoms with Crippen LogP contribution in [-0.4, -0.2) is 17.9 Å². The van der Waals surface area contributed by atoms with Crippen molar-refractivity contribution in [2.45, 2.75) is 12.5 Å². The Balaban J connectivity index is 1.49. The van der Waals surface area contributed by atoms with E-state index >= 15 is 0 Å². The summed E-state index contributed by atoms with van der Waals surface area (Å²) in [5, 5.41) is 5.67. The molecule has 0 unspecified atom stereocenters. The van der Waals surface area contributed by atoms with Crippen LogP contribution in [0.2, 0.25) is 0 Å². The fourth-order valence-corrected chi connectivity index (χ4v) is 3.06. The largest absolute Gasteiger partial charge is 0.478 e. The highest BCUT2D eigenvalue weighted by molar-refractivity contribution is 6.03. The third-order valence-corrected chi connectivity index (χ3v) is 4.36. The van der Waals surface area contributed by atoms with Gasteiger partial charge in [-0.1, -0.05) is 60.7 Å². The summed E-state index contributed by atoms with van der Waals surface area (Å²) in [6, 6.07) is 24.6. The number of para-hydroxylation sites is 3. The number of nitrogens with one attached hydrogen (secondary N) is 2. The molecule has 0 aromatic heterocycles. The number of ether oxygens (including phenoxy) is 1. The molecule has 3 aromatic carbocycles. The minimum absolute atomic E-state index is 0.0662. The number of anilines is 2. The zero-order valence-corrected chi connectivity index (χ0v) is 14.5. The molecule has 1 atom stereocenters. The van der Waals surface area contributed by atoms with Crippen LogP contribution in [0, 0.1) is 0 Å². The average molecular weight is 358 g/mol. The van der Waals surface area contributed by atoms with Gasteiger partial charge in [0.25, 0.3) is 5.91 Å². The maximum absolute atomic E-state index is 12.6. The average Bonchev–Trinajstić information content (AvgIpc) is 2.69. The number of amides is 2. The maximum Gasteiger partial charge on any atom is 0.266 e. The van der Waals surface area contributed by atoms with E-state index in [1.807, 2.05) is 66.7 Å². The summed E-state index contributed by atoms with van der Waals surface area (Å²) in [6.45, 7) is 0. The Labute approximate surface area is 157 Å². The summed E-state index contributed by atoms with van der Waals surface area (Å²) in [4.78, 5) is 24.8. The van der Waals surface area contributed by atoms with E-state index in [1.54, 1.807) is 12.1 Å². The Hall–Kier alpha value is -3.60. The third-order valence-electron chi connectivity index (χ3n) is 4.36. The van der Waals surface area contributed by atoms with E-state index in [0.717, 1.165) is 11.1 Å². The highest BCUT2D eigenvalue weighted by Gasteiger charge is 2.29. The second-order valence-electron chi connectivity index (χ2n) is 6.26. The molecule has 1 heterocycles. The Morgan fingerprint density at radius 1 is 0.926 bits per heavy atom. The van der Waals surface area contributed by atoms with E-state index in [9.17, 15) is 9.59 Å². The summed E-state index contributed by atoms with van der Waals surface area (Å²) in [6.07, 6.45) is -0.924. The zero-order chi connectivity index (χ0) is 18.6. The monoisotopic (exact) mass is 358 g/mol. The molecule has 1 aliphatic rings. The van der Waals surface area contributed by atoms with Gasteiger partial charge >= 0.3 is 0 Å². The lowest BCUT2D eigenvalue weighted by Gasteiger charge is -2.25. The number of carbonyl (C=O) groups is 2. The van der Waals surface area contributed by atoms with E-state index in [2.05, 4.69) is 10.6 Å². The quantitative estimate of drug-likeness (QED) is 0.738. The summed E-state index contributed by atoms with van der Waals surface area (Å²) in [5.41, 5.74) is 3.25. The van der Waals surface area contributed by atoms with Crippen molar-refractivity contribution in [1.82, 2.24) is 0 Å². The van der Waals surface area contributed by atoms with Crippen LogP contribution in [0.25, 0.3) is 11.1 Å². The molecule has 4 rings (SSSR count). The van der Waals surface area contributed by atoms with Gasteiger partial charge in [0.1, 0.15) is 5.75 Å². The normalized spacial score (nSPS) is 15.3. The Bertz CT molecular complexity index is 986. The minimum Gasteiger partial charge on any atom is -0.478 e. The standard InChI is InChI=1S/C22H18N2O3/c25-21(14-20-22(26)24-18-12-6-7-13-19(18)27-20)23-17-11-5-4-10-16(17)15-8-2-1-3-9-15/h1-13,20H,14H2,(H,23,25)(H,24,26)/t20-/m1/s1. The number of carbonyl (C=O) groups excluding carboxylic acids is 2. The molecule has 0 fully saturated rings. The Morgan fingerprint density at radius 3 is 2.48 bits per heavy atom. The molecule has 5 nitrogen and oxygen atoms in total. The van der Waals surface area contributed by atoms with Gasteiger partial charge in [0.2, 0.25) is 5.91 Å². The molecule has 5 heteroatoms. The molecule has 0 aliphatic carbocycles. The first-order valence-corrected chi connectivity index (χ1v) is 8.71. The van der Waals surface area contributed by atoms with Crippen molar-refractivity contribution in [2.24, 2.45) is 0 Å². The fraction of sp³-hybridized carbons (Fsp3) is 0.0909. The number of fused-ring (bicyclic) bond motifs is 1. The third kappa shape index (κ3) is 3.67. The summed E-state index contributed by atoms with van der Waals surface area (Å²) < 4.78 is 5.69. The smallest absolute Gasteiger partial charge is 0.266 e. The Morgan fingerprint density at radius 2 is 1.63 bits per heavy atom. The first-order chi connectivity index (χ1) is 13.2. The summed E-state index contributed by atoms with van der Waals surface area (Å²) in [5.74, 6) is -0.0299. The van der Waals surface area contributed by atoms with Crippen molar-refractivity contribution in [2.75, 3.05) is 10.6 Å². The maximum atomic E-state index is 12.6. The van der Waals surface area contributed by atoms with Crippen molar-refractivity contribution in [3.05, 3.63) is 78.9 Å². The predicted molar refractivity (Wildman–Crippen MR) is 105 cm³/mol. The highest BCUT2D eigenvalue weighted by atomic mass is 16.5. The lowest BCUT2D eigenvalue weighted by Crippen LogP contribution is -2.39. The van der Waals surface area contributed by atoms with Crippen LogP contribution in [0.3, 0.4) is 0 Å². The lowest BCUT2D eigenvalue weighted by molar-refractivity contribution is -0.128. The fourth-order valence-electron chi connectivity index (χ4n) is 3.06. The first-order valence-electron chi connectivity index (χ1n) is 8.71. The number of benzene rings is 3. The van der Waals surface area contributed by atoms with Crippen LogP contribution >= 0.6 is 0 Å². The van der Waals surface area contributed by atoms with Crippen molar-refractivity contribution >= 4 is 23.2 Å². The molecule has 2 N–H and O–H groups in total. The van der Waals surface area contributed by atoms with Crippen LogP contribution in [0.1, 0.15) is 6.42 Å². The van der Waals surface area contributed by atoms with Crippen molar-refractivity contribution in [1.29, 1.82) is 0 Å². The molecule has 0 radical (unpaired) electrons. The van der Waals surface area contributed by atoms with E-state index in [0.29, 0.717) is 17.1 Å². The van der Waals surface area contributed by atoms with Gasteiger partial charge in [0.15, 0.2) is 6.10 Å². The van der Waals surface area contributed by atoms with Gasteiger partial charge in [-0.25, -0.2) is 0 Å². The van der Waals surface area contributed by atoms with Crippen LogP contribution < -0.4 is 15.4 Å². The van der Waals surface area contributed by atoms with E-state index in [-0.39, 0.29) is 18.2 Å². The van der Waals surface area contributed by atoms with Crippen LogP contribution in [0.5, 0.6) is 5.75 Å². The van der Waals surface area contributed by atoms with Gasteiger partial charge in [-0.3, -0.25) is 9.59 Å². The number of hydrogen-bond acceptors (Lipinski definition) is 3. The van der Waals surface area contributed by atoms with Gasteiger partial charge in [-0.05, 0) is 23.8 Å². The van der Waals surface area contributed by atoms with Crippen molar-refractivity contribution in [3.8, 4) is 16.9 Å². The van der Waals surface area contributed by atoms with Crippen molar-refractivity contribution < 1.29 is 14.3 Å². The van der Waals surface area contributed by atoms with Gasteiger partial charge in [-0.15, -0.1) is 0 Å². The molecular formula is C22H18N2O3. The predicted octanol–water partition coefficient (Wildman–Crippen LogP) is 4.08. The van der Waals surface area contributed by atoms with E-state index in [4.69, 9.17) is 4.74 Å². The first kappa shape index (κ1) is 16.8. The molecule has 3 aromatic rings. The van der Waals surface area contributed by atoms with Gasteiger partial charge in [0, 0.05) is 11.3 Å². The van der Waals surface area contributed by atoms with E-state index in [1.165, 1.54) is 0 Å². The molecule has 0 saturated heterocycles. The lowest BCUT2D eigenvalue weighted by atomic mass is 10.0. The molecular weight excluding hydrogens is 340 g/mol. The van der Waals surface area contributed by atoms with E-state index < -0.39 is 6.10 Å². The van der Waals surface area contributed by atoms with Crippen LogP contribution in [-0.2, 0) is 9.59 Å². The van der Waals surface area contributed by atoms with Crippen molar-refractivity contribution in [3.63, 3.8) is 0 Å². The molecule has 2 amide bonds. The second kappa shape index (κ2) is 7.33. The van der Waals surface area contributed by atoms with Crippen LogP contribution in [0.15, 0.2) is 78.9 Å². The Kier molecular flexibility index (Phi) is 4.58. The molecule has 1 aliphatic heterocycles. The molecule has 0 spiro atoms. The number of rotatable bonds is 4. The van der Waals surface area contributed by atoms with Crippen LogP contribution in [0.4, 0.5) is 11.4 Å². The summed E-state index contributed by atoms with van der Waals surface area (Å²) in [7, 11) is 0. The van der Waals surface area contributed by atoms with Gasteiger partial charge < -0.3 is 15.4 Å². The summed E-state index contributed by atoms with van der Waals surface area (Å²) >= 11 is 0. The molecule has 27 heavy (non-hydrogen) atoms.